The lowest BCUT2D eigenvalue weighted by atomic mass is 10.2. The van der Waals surface area contributed by atoms with Gasteiger partial charge >= 0.3 is 0 Å². The Morgan fingerprint density at radius 2 is 1.74 bits per heavy atom. The number of anilines is 1. The van der Waals surface area contributed by atoms with Gasteiger partial charge < -0.3 is 5.73 Å². The van der Waals surface area contributed by atoms with E-state index in [1.54, 1.807) is 23.3 Å². The molecule has 4 rings (SSSR count). The van der Waals surface area contributed by atoms with Crippen LogP contribution in [-0.2, 0) is 4.79 Å². The number of hydrogen-bond donors (Lipinski definition) is 1. The number of nitrogens with zero attached hydrogens (tertiary/aromatic N) is 2. The van der Waals surface area contributed by atoms with Crippen molar-refractivity contribution in [3.05, 3.63) is 76.5 Å². The molecule has 134 valence electrons. The smallest absolute Gasteiger partial charge is 0.266 e. The zero-order valence-electron chi connectivity index (χ0n) is 14.6. The van der Waals surface area contributed by atoms with E-state index in [-0.39, 0.29) is 5.91 Å². The minimum absolute atomic E-state index is 0.0304. The summed E-state index contributed by atoms with van der Waals surface area (Å²) in [6.07, 6.45) is 1.93. The highest BCUT2D eigenvalue weighted by Crippen LogP contribution is 2.36. The van der Waals surface area contributed by atoms with Crippen LogP contribution in [0.2, 0.25) is 0 Å². The number of nitrogen functional groups attached to an aromatic ring is 1. The highest BCUT2D eigenvalue weighted by Gasteiger charge is 2.30. The second kappa shape index (κ2) is 7.42. The lowest BCUT2D eigenvalue weighted by molar-refractivity contribution is -0.121. The van der Waals surface area contributed by atoms with Gasteiger partial charge in [0.15, 0.2) is 5.17 Å². The summed E-state index contributed by atoms with van der Waals surface area (Å²) in [5.41, 5.74) is 8.46. The number of aliphatic imine (C=N–C) groups is 1. The predicted octanol–water partition coefficient (Wildman–Crippen LogP) is 5.23. The Morgan fingerprint density at radius 3 is 2.48 bits per heavy atom. The van der Waals surface area contributed by atoms with Crippen LogP contribution in [-0.4, -0.2) is 23.0 Å². The Labute approximate surface area is 166 Å². The first-order valence-corrected chi connectivity index (χ1v) is 10.0. The Balaban J connectivity index is 1.58. The number of carbonyl (C=O) groups is 1. The number of para-hydroxylation sites is 1. The van der Waals surface area contributed by atoms with Crippen molar-refractivity contribution < 1.29 is 4.79 Å². The molecule has 1 aliphatic rings. The van der Waals surface area contributed by atoms with Gasteiger partial charge in [-0.3, -0.25) is 9.69 Å². The second-order valence-corrected chi connectivity index (χ2v) is 8.15. The Kier molecular flexibility index (Phi) is 4.83. The Hall–Kier alpha value is -2.83. The highest BCUT2D eigenvalue weighted by molar-refractivity contribution is 8.18. The summed E-state index contributed by atoms with van der Waals surface area (Å²) in [6.45, 7) is 0. The first-order chi connectivity index (χ1) is 13.1. The SMILES string of the molecule is CN1C(=O)C(=Cc2ccc(-c3ccc(N)cc3)s2)SC1=Nc1ccccc1. The van der Waals surface area contributed by atoms with Crippen LogP contribution >= 0.6 is 23.1 Å². The van der Waals surface area contributed by atoms with E-state index in [1.165, 1.54) is 11.8 Å². The maximum absolute atomic E-state index is 12.6. The third kappa shape index (κ3) is 3.82. The molecule has 2 N–H and O–H groups in total. The summed E-state index contributed by atoms with van der Waals surface area (Å²) in [5, 5.41) is 0.688. The number of nitrogens with two attached hydrogens (primary N) is 1. The molecule has 0 bridgehead atoms. The van der Waals surface area contributed by atoms with E-state index >= 15 is 0 Å². The van der Waals surface area contributed by atoms with Crippen molar-refractivity contribution in [1.82, 2.24) is 4.90 Å². The Bertz CT molecular complexity index is 1040. The lowest BCUT2D eigenvalue weighted by Crippen LogP contribution is -2.23. The molecule has 0 aliphatic carbocycles. The number of rotatable bonds is 3. The number of thioether (sulfide) groups is 1. The van der Waals surface area contributed by atoms with E-state index in [0.717, 1.165) is 26.7 Å². The van der Waals surface area contributed by atoms with Crippen LogP contribution in [0.3, 0.4) is 0 Å². The molecular weight excluding hydrogens is 374 g/mol. The maximum Gasteiger partial charge on any atom is 0.266 e. The fourth-order valence-electron chi connectivity index (χ4n) is 2.63. The topological polar surface area (TPSA) is 58.7 Å². The van der Waals surface area contributed by atoms with E-state index in [0.29, 0.717) is 10.1 Å². The maximum atomic E-state index is 12.6. The predicted molar refractivity (Wildman–Crippen MR) is 116 cm³/mol. The van der Waals surface area contributed by atoms with E-state index in [2.05, 4.69) is 11.1 Å². The third-order valence-corrected chi connectivity index (χ3v) is 6.22. The molecular formula is C21H17N3OS2. The molecule has 0 spiro atoms. The van der Waals surface area contributed by atoms with Crippen LogP contribution in [0, 0.1) is 0 Å². The fraction of sp³-hybridized carbons (Fsp3) is 0.0476. The summed E-state index contributed by atoms with van der Waals surface area (Å²) < 4.78 is 0. The van der Waals surface area contributed by atoms with Gasteiger partial charge in [0.05, 0.1) is 10.6 Å². The van der Waals surface area contributed by atoms with Crippen LogP contribution < -0.4 is 5.73 Å². The molecule has 0 atom stereocenters. The van der Waals surface area contributed by atoms with Crippen molar-refractivity contribution in [1.29, 1.82) is 0 Å². The number of benzene rings is 2. The van der Waals surface area contributed by atoms with Gasteiger partial charge in [0.25, 0.3) is 5.91 Å². The van der Waals surface area contributed by atoms with Gasteiger partial charge in [0.1, 0.15) is 0 Å². The average Bonchev–Trinajstić information content (AvgIpc) is 3.24. The highest BCUT2D eigenvalue weighted by atomic mass is 32.2. The van der Waals surface area contributed by atoms with Crippen molar-refractivity contribution in [2.24, 2.45) is 4.99 Å². The average molecular weight is 392 g/mol. The summed E-state index contributed by atoms with van der Waals surface area (Å²) in [7, 11) is 1.76. The van der Waals surface area contributed by atoms with Gasteiger partial charge in [0, 0.05) is 22.5 Å². The fourth-order valence-corrected chi connectivity index (χ4v) is 4.64. The Morgan fingerprint density at radius 1 is 1.00 bits per heavy atom. The molecule has 1 aliphatic heterocycles. The van der Waals surface area contributed by atoms with E-state index in [1.807, 2.05) is 66.7 Å². The minimum atomic E-state index is -0.0304. The van der Waals surface area contributed by atoms with Crippen LogP contribution in [0.4, 0.5) is 11.4 Å². The molecule has 3 aromatic rings. The zero-order valence-corrected chi connectivity index (χ0v) is 16.3. The summed E-state index contributed by atoms with van der Waals surface area (Å²) in [6, 6.07) is 21.6. The van der Waals surface area contributed by atoms with E-state index in [4.69, 9.17) is 5.73 Å². The number of hydrogen-bond acceptors (Lipinski definition) is 5. The normalized spacial score (nSPS) is 17.2. The van der Waals surface area contributed by atoms with Gasteiger partial charge in [-0.15, -0.1) is 11.3 Å². The molecule has 0 saturated carbocycles. The zero-order chi connectivity index (χ0) is 18.8. The first kappa shape index (κ1) is 17.6. The van der Waals surface area contributed by atoms with Crippen molar-refractivity contribution in [3.63, 3.8) is 0 Å². The lowest BCUT2D eigenvalue weighted by Gasteiger charge is -2.06. The van der Waals surface area contributed by atoms with Crippen molar-refractivity contribution in [3.8, 4) is 10.4 Å². The van der Waals surface area contributed by atoms with Gasteiger partial charge in [-0.2, -0.15) is 0 Å². The van der Waals surface area contributed by atoms with Gasteiger partial charge in [-0.05, 0) is 59.8 Å². The number of amides is 1. The largest absolute Gasteiger partial charge is 0.399 e. The minimum Gasteiger partial charge on any atom is -0.399 e. The molecule has 2 aromatic carbocycles. The van der Waals surface area contributed by atoms with Gasteiger partial charge in [-0.25, -0.2) is 4.99 Å². The molecule has 1 amide bonds. The summed E-state index contributed by atoms with van der Waals surface area (Å²) in [5.74, 6) is -0.0304. The van der Waals surface area contributed by atoms with Gasteiger partial charge in [-0.1, -0.05) is 30.3 Å². The molecule has 27 heavy (non-hydrogen) atoms. The van der Waals surface area contributed by atoms with Crippen molar-refractivity contribution in [2.75, 3.05) is 12.8 Å². The van der Waals surface area contributed by atoms with Crippen LogP contribution in [0.5, 0.6) is 0 Å². The summed E-state index contributed by atoms with van der Waals surface area (Å²) >= 11 is 3.05. The van der Waals surface area contributed by atoms with Crippen molar-refractivity contribution >= 4 is 51.6 Å². The molecule has 4 nitrogen and oxygen atoms in total. The molecule has 1 saturated heterocycles. The van der Waals surface area contributed by atoms with Gasteiger partial charge in [0.2, 0.25) is 0 Å². The monoisotopic (exact) mass is 391 g/mol. The van der Waals surface area contributed by atoms with E-state index < -0.39 is 0 Å². The van der Waals surface area contributed by atoms with Crippen LogP contribution in [0.1, 0.15) is 4.88 Å². The van der Waals surface area contributed by atoms with Crippen LogP contribution in [0.15, 0.2) is 76.6 Å². The number of amidine groups is 1. The molecule has 1 aromatic heterocycles. The molecule has 6 heteroatoms. The number of carbonyl (C=O) groups excluding carboxylic acids is 1. The van der Waals surface area contributed by atoms with E-state index in [9.17, 15) is 4.79 Å². The molecule has 0 unspecified atom stereocenters. The third-order valence-electron chi connectivity index (χ3n) is 4.08. The quantitative estimate of drug-likeness (QED) is 0.491. The molecule has 0 radical (unpaired) electrons. The molecule has 1 fully saturated rings. The van der Waals surface area contributed by atoms with Crippen LogP contribution in [0.25, 0.3) is 16.5 Å². The number of likely N-dealkylation sites (N-methyl/N-ethyl adjacent to an activating group) is 1. The number of thiophene rings is 1. The van der Waals surface area contributed by atoms with Crippen molar-refractivity contribution in [2.45, 2.75) is 0 Å². The summed E-state index contributed by atoms with van der Waals surface area (Å²) in [4.78, 5) is 21.6. The standard InChI is InChI=1S/C21H17N3OS2/c1-24-20(25)19(27-21(24)23-16-5-3-2-4-6-16)13-17-11-12-18(26-17)14-7-9-15(22)10-8-14/h2-13H,22H2,1H3. The second-order valence-electron chi connectivity index (χ2n) is 6.03. The first-order valence-electron chi connectivity index (χ1n) is 8.37. The molecule has 2 heterocycles.